The summed E-state index contributed by atoms with van der Waals surface area (Å²) in [5.41, 5.74) is 0.941. The smallest absolute Gasteiger partial charge is 0.316 e. The summed E-state index contributed by atoms with van der Waals surface area (Å²) in [6.07, 6.45) is 3.00. The van der Waals surface area contributed by atoms with E-state index >= 15 is 0 Å². The molecule has 0 radical (unpaired) electrons. The molecule has 2 heterocycles. The van der Waals surface area contributed by atoms with Crippen molar-refractivity contribution in [3.63, 3.8) is 0 Å². The Morgan fingerprint density at radius 3 is 3.23 bits per heavy atom. The van der Waals surface area contributed by atoms with Crippen LogP contribution in [-0.4, -0.2) is 29.2 Å². The van der Waals surface area contributed by atoms with Crippen LogP contribution in [0, 0.1) is 6.92 Å². The van der Waals surface area contributed by atoms with Crippen LogP contribution in [0.1, 0.15) is 12.1 Å². The molecule has 1 atom stereocenters. The quantitative estimate of drug-likeness (QED) is 0.719. The van der Waals surface area contributed by atoms with Crippen LogP contribution in [0.5, 0.6) is 6.01 Å². The van der Waals surface area contributed by atoms with Gasteiger partial charge in [0.1, 0.15) is 6.10 Å². The monoisotopic (exact) mass is 179 g/mol. The molecule has 1 saturated heterocycles. The Morgan fingerprint density at radius 1 is 1.62 bits per heavy atom. The normalized spacial score (nSPS) is 21.8. The van der Waals surface area contributed by atoms with Crippen molar-refractivity contribution >= 4 is 0 Å². The molecule has 4 heteroatoms. The van der Waals surface area contributed by atoms with Crippen LogP contribution in [-0.2, 0) is 0 Å². The minimum absolute atomic E-state index is 0.238. The Kier molecular flexibility index (Phi) is 2.40. The molecule has 1 fully saturated rings. The number of rotatable bonds is 2. The second-order valence-corrected chi connectivity index (χ2v) is 3.21. The van der Waals surface area contributed by atoms with Gasteiger partial charge in [-0.2, -0.15) is 0 Å². The number of aromatic nitrogens is 2. The van der Waals surface area contributed by atoms with Gasteiger partial charge in [0.05, 0.1) is 0 Å². The molecule has 0 aliphatic carbocycles. The van der Waals surface area contributed by atoms with Gasteiger partial charge in [0, 0.05) is 18.4 Å². The third kappa shape index (κ3) is 2.15. The lowest BCUT2D eigenvalue weighted by Gasteiger charge is -2.09. The lowest BCUT2D eigenvalue weighted by Crippen LogP contribution is -2.20. The van der Waals surface area contributed by atoms with E-state index in [1.165, 1.54) is 0 Å². The van der Waals surface area contributed by atoms with Gasteiger partial charge in [-0.05, 0) is 26.0 Å². The Bertz CT molecular complexity index is 284. The van der Waals surface area contributed by atoms with E-state index in [4.69, 9.17) is 4.74 Å². The van der Waals surface area contributed by atoms with Gasteiger partial charge >= 0.3 is 6.01 Å². The van der Waals surface area contributed by atoms with Crippen LogP contribution in [0.3, 0.4) is 0 Å². The predicted molar refractivity (Wildman–Crippen MR) is 48.7 cm³/mol. The van der Waals surface area contributed by atoms with Gasteiger partial charge in [-0.25, -0.2) is 9.97 Å². The third-order valence-electron chi connectivity index (χ3n) is 2.06. The van der Waals surface area contributed by atoms with Gasteiger partial charge in [-0.1, -0.05) is 0 Å². The van der Waals surface area contributed by atoms with Gasteiger partial charge in [0.25, 0.3) is 0 Å². The molecule has 0 spiro atoms. The molecule has 0 bridgehead atoms. The summed E-state index contributed by atoms with van der Waals surface area (Å²) in [5.74, 6) is 0. The fraction of sp³-hybridized carbons (Fsp3) is 0.556. The van der Waals surface area contributed by atoms with Crippen LogP contribution in [0.25, 0.3) is 0 Å². The minimum Gasteiger partial charge on any atom is -0.459 e. The van der Waals surface area contributed by atoms with E-state index in [-0.39, 0.29) is 6.10 Å². The number of ether oxygens (including phenoxy) is 1. The Morgan fingerprint density at radius 2 is 2.54 bits per heavy atom. The molecule has 0 saturated carbocycles. The van der Waals surface area contributed by atoms with E-state index in [1.54, 1.807) is 6.20 Å². The summed E-state index contributed by atoms with van der Waals surface area (Å²) in [5, 5.41) is 3.23. The van der Waals surface area contributed by atoms with Crippen LogP contribution in [0.2, 0.25) is 0 Å². The van der Waals surface area contributed by atoms with E-state index in [0.717, 1.165) is 25.2 Å². The first-order chi connectivity index (χ1) is 6.34. The lowest BCUT2D eigenvalue weighted by atomic mass is 10.3. The van der Waals surface area contributed by atoms with Gasteiger partial charge in [-0.15, -0.1) is 0 Å². The van der Waals surface area contributed by atoms with Crippen LogP contribution in [0.15, 0.2) is 12.3 Å². The van der Waals surface area contributed by atoms with E-state index in [2.05, 4.69) is 15.3 Å². The molecule has 0 unspecified atom stereocenters. The zero-order valence-electron chi connectivity index (χ0n) is 7.66. The summed E-state index contributed by atoms with van der Waals surface area (Å²) < 4.78 is 5.57. The first-order valence-electron chi connectivity index (χ1n) is 4.51. The zero-order valence-corrected chi connectivity index (χ0v) is 7.66. The van der Waals surface area contributed by atoms with Crippen molar-refractivity contribution in [2.45, 2.75) is 19.4 Å². The number of hydrogen-bond donors (Lipinski definition) is 1. The van der Waals surface area contributed by atoms with Crippen molar-refractivity contribution in [1.29, 1.82) is 0 Å². The summed E-state index contributed by atoms with van der Waals surface area (Å²) in [4.78, 5) is 8.22. The average Bonchev–Trinajstić information content (AvgIpc) is 2.57. The van der Waals surface area contributed by atoms with Gasteiger partial charge in [0.2, 0.25) is 0 Å². The van der Waals surface area contributed by atoms with Crippen LogP contribution < -0.4 is 10.1 Å². The standard InChI is InChI=1S/C9H13N3O/c1-7-2-5-11-9(12-7)13-8-3-4-10-6-8/h2,5,8,10H,3-4,6H2,1H3/t8-/m0/s1. The number of aryl methyl sites for hydroxylation is 1. The average molecular weight is 179 g/mol. The Labute approximate surface area is 77.4 Å². The second kappa shape index (κ2) is 3.70. The molecule has 13 heavy (non-hydrogen) atoms. The molecule has 70 valence electrons. The molecule has 1 aromatic rings. The number of nitrogens with zero attached hydrogens (tertiary/aromatic N) is 2. The van der Waals surface area contributed by atoms with E-state index in [1.807, 2.05) is 13.0 Å². The van der Waals surface area contributed by atoms with Crippen molar-refractivity contribution in [3.8, 4) is 6.01 Å². The molecule has 4 nitrogen and oxygen atoms in total. The van der Waals surface area contributed by atoms with Gasteiger partial charge < -0.3 is 10.1 Å². The lowest BCUT2D eigenvalue weighted by molar-refractivity contribution is 0.204. The second-order valence-electron chi connectivity index (χ2n) is 3.21. The molecule has 1 N–H and O–H groups in total. The minimum atomic E-state index is 0.238. The summed E-state index contributed by atoms with van der Waals surface area (Å²) in [6, 6.07) is 2.36. The van der Waals surface area contributed by atoms with Crippen molar-refractivity contribution in [2.24, 2.45) is 0 Å². The zero-order chi connectivity index (χ0) is 9.10. The highest BCUT2D eigenvalue weighted by molar-refractivity contribution is 5.03. The third-order valence-corrected chi connectivity index (χ3v) is 2.06. The molecule has 1 aromatic heterocycles. The van der Waals surface area contributed by atoms with Crippen molar-refractivity contribution in [2.75, 3.05) is 13.1 Å². The molecular weight excluding hydrogens is 166 g/mol. The van der Waals surface area contributed by atoms with Gasteiger partial charge in [0.15, 0.2) is 0 Å². The first kappa shape index (κ1) is 8.44. The molecule has 1 aliphatic heterocycles. The maximum atomic E-state index is 5.57. The maximum Gasteiger partial charge on any atom is 0.316 e. The first-order valence-corrected chi connectivity index (χ1v) is 4.51. The molecule has 0 amide bonds. The van der Waals surface area contributed by atoms with E-state index in [9.17, 15) is 0 Å². The highest BCUT2D eigenvalue weighted by Crippen LogP contribution is 2.08. The molecule has 2 rings (SSSR count). The van der Waals surface area contributed by atoms with Crippen molar-refractivity contribution in [3.05, 3.63) is 18.0 Å². The molecular formula is C9H13N3O. The van der Waals surface area contributed by atoms with Gasteiger partial charge in [-0.3, -0.25) is 0 Å². The summed E-state index contributed by atoms with van der Waals surface area (Å²) in [7, 11) is 0. The fourth-order valence-electron chi connectivity index (χ4n) is 1.36. The number of nitrogens with one attached hydrogen (secondary N) is 1. The predicted octanol–water partition coefficient (Wildman–Crippen LogP) is 0.526. The Balaban J connectivity index is 2.00. The van der Waals surface area contributed by atoms with E-state index < -0.39 is 0 Å². The topological polar surface area (TPSA) is 47.0 Å². The highest BCUT2D eigenvalue weighted by atomic mass is 16.5. The summed E-state index contributed by atoms with van der Waals surface area (Å²) in [6.45, 7) is 3.86. The van der Waals surface area contributed by atoms with E-state index in [0.29, 0.717) is 6.01 Å². The number of hydrogen-bond acceptors (Lipinski definition) is 4. The fourth-order valence-corrected chi connectivity index (χ4v) is 1.36. The van der Waals surface area contributed by atoms with Crippen LogP contribution >= 0.6 is 0 Å². The molecule has 1 aliphatic rings. The summed E-state index contributed by atoms with van der Waals surface area (Å²) >= 11 is 0. The Hall–Kier alpha value is -1.16. The van der Waals surface area contributed by atoms with Crippen molar-refractivity contribution in [1.82, 2.24) is 15.3 Å². The van der Waals surface area contributed by atoms with Crippen LogP contribution in [0.4, 0.5) is 0 Å². The largest absolute Gasteiger partial charge is 0.459 e. The van der Waals surface area contributed by atoms with Crippen molar-refractivity contribution < 1.29 is 4.74 Å². The highest BCUT2D eigenvalue weighted by Gasteiger charge is 2.16. The maximum absolute atomic E-state index is 5.57. The molecule has 0 aromatic carbocycles. The SMILES string of the molecule is Cc1ccnc(O[C@H]2CCNC2)n1.